The number of nitrogens with zero attached hydrogens (tertiary/aromatic N) is 5. The van der Waals surface area contributed by atoms with Gasteiger partial charge < -0.3 is 19.6 Å². The lowest BCUT2D eigenvalue weighted by Gasteiger charge is -2.46. The van der Waals surface area contributed by atoms with Gasteiger partial charge in [-0.2, -0.15) is 0 Å². The summed E-state index contributed by atoms with van der Waals surface area (Å²) in [7, 11) is 0. The third-order valence-corrected chi connectivity index (χ3v) is 13.1. The molecule has 0 spiro atoms. The van der Waals surface area contributed by atoms with Crippen LogP contribution in [0.1, 0.15) is 43.7 Å². The molecule has 1 saturated carbocycles. The summed E-state index contributed by atoms with van der Waals surface area (Å²) < 4.78 is 0. The van der Waals surface area contributed by atoms with Crippen LogP contribution in [-0.2, 0) is 5.41 Å². The molecule has 50 heavy (non-hydrogen) atoms. The van der Waals surface area contributed by atoms with Crippen molar-refractivity contribution in [2.45, 2.75) is 50.4 Å². The predicted octanol–water partition coefficient (Wildman–Crippen LogP) is 10.8. The first-order valence-corrected chi connectivity index (χ1v) is 18.3. The molecule has 1 aromatic heterocycles. The van der Waals surface area contributed by atoms with E-state index in [9.17, 15) is 0 Å². The first-order valence-electron chi connectivity index (χ1n) is 18.3. The molecule has 5 aliphatic rings. The van der Waals surface area contributed by atoms with Crippen molar-refractivity contribution in [3.63, 3.8) is 0 Å². The zero-order chi connectivity index (χ0) is 33.2. The monoisotopic (exact) mass is 649 g/mol. The summed E-state index contributed by atoms with van der Waals surface area (Å²) in [6.45, 7) is 4.94. The van der Waals surface area contributed by atoms with E-state index in [1.165, 1.54) is 50.9 Å². The molecule has 5 nitrogen and oxygen atoms in total. The highest BCUT2D eigenvalue weighted by Crippen LogP contribution is 2.85. The van der Waals surface area contributed by atoms with E-state index in [4.69, 9.17) is 4.98 Å². The van der Waals surface area contributed by atoms with E-state index in [0.717, 1.165) is 18.7 Å². The van der Waals surface area contributed by atoms with Gasteiger partial charge in [0.15, 0.2) is 5.82 Å². The number of para-hydroxylation sites is 6. The zero-order valence-electron chi connectivity index (χ0n) is 28.4. The van der Waals surface area contributed by atoms with Gasteiger partial charge in [0.1, 0.15) is 12.3 Å². The lowest BCUT2D eigenvalue weighted by Crippen LogP contribution is -2.52. The van der Waals surface area contributed by atoms with Crippen molar-refractivity contribution in [2.75, 3.05) is 19.6 Å². The van der Waals surface area contributed by atoms with E-state index < -0.39 is 0 Å². The van der Waals surface area contributed by atoms with E-state index >= 15 is 0 Å². The first kappa shape index (κ1) is 28.3. The molecule has 6 aromatic rings. The smallest absolute Gasteiger partial charge is 0.158 e. The maximum Gasteiger partial charge on any atom is 0.158 e. The summed E-state index contributed by atoms with van der Waals surface area (Å²) in [5.74, 6) is 1.64. The van der Waals surface area contributed by atoms with Gasteiger partial charge >= 0.3 is 0 Å². The second kappa shape index (κ2) is 10.0. The van der Waals surface area contributed by atoms with Crippen LogP contribution in [0, 0.1) is 11.3 Å². The molecule has 1 fully saturated rings. The molecule has 5 aromatic carbocycles. The minimum atomic E-state index is -0.0523. The van der Waals surface area contributed by atoms with Gasteiger partial charge in [0.25, 0.3) is 0 Å². The van der Waals surface area contributed by atoms with Gasteiger partial charge in [-0.1, -0.05) is 98.8 Å². The molecule has 244 valence electrons. The highest BCUT2D eigenvalue weighted by molar-refractivity contribution is 5.94. The van der Waals surface area contributed by atoms with E-state index in [1.807, 2.05) is 6.20 Å². The topological polar surface area (TPSA) is 25.9 Å². The van der Waals surface area contributed by atoms with E-state index in [1.54, 1.807) is 0 Å². The molecular weight excluding hydrogens is 611 g/mol. The second-order valence-corrected chi connectivity index (χ2v) is 14.6. The number of fused-ring (bicyclic) bond motifs is 13. The van der Waals surface area contributed by atoms with E-state index in [0.29, 0.717) is 5.92 Å². The lowest BCUT2D eigenvalue weighted by molar-refractivity contribution is 0.294. The molecule has 6 unspecified atom stereocenters. The number of pyridine rings is 1. The number of hydrogen-bond donors (Lipinski definition) is 0. The average molecular weight is 650 g/mol. The Morgan fingerprint density at radius 1 is 0.520 bits per heavy atom. The van der Waals surface area contributed by atoms with Crippen LogP contribution in [0.15, 0.2) is 152 Å². The number of benzene rings is 5. The van der Waals surface area contributed by atoms with Crippen LogP contribution in [0.4, 0.5) is 45.6 Å². The largest absolute Gasteiger partial charge is 0.318 e. The quantitative estimate of drug-likeness (QED) is 0.185. The minimum absolute atomic E-state index is 0.0348. The summed E-state index contributed by atoms with van der Waals surface area (Å²) >= 11 is 0. The molecule has 11 rings (SSSR count). The summed E-state index contributed by atoms with van der Waals surface area (Å²) in [6.07, 6.45) is 4.30. The van der Waals surface area contributed by atoms with Gasteiger partial charge in [0.2, 0.25) is 0 Å². The van der Waals surface area contributed by atoms with E-state index in [2.05, 4.69) is 179 Å². The van der Waals surface area contributed by atoms with Crippen LogP contribution in [0.3, 0.4) is 0 Å². The van der Waals surface area contributed by atoms with Gasteiger partial charge in [0, 0.05) is 45.7 Å². The minimum Gasteiger partial charge on any atom is -0.318 e. The van der Waals surface area contributed by atoms with Gasteiger partial charge in [-0.25, -0.2) is 4.98 Å². The predicted molar refractivity (Wildman–Crippen MR) is 204 cm³/mol. The van der Waals surface area contributed by atoms with E-state index in [-0.39, 0.29) is 29.1 Å². The number of hydrogen-bond acceptors (Lipinski definition) is 5. The Labute approximate surface area is 294 Å². The van der Waals surface area contributed by atoms with Crippen molar-refractivity contribution in [2.24, 2.45) is 11.3 Å². The summed E-state index contributed by atoms with van der Waals surface area (Å²) in [5, 5.41) is 0. The van der Waals surface area contributed by atoms with Crippen LogP contribution in [-0.4, -0.2) is 17.3 Å². The molecule has 0 amide bonds. The second-order valence-electron chi connectivity index (χ2n) is 14.6. The van der Waals surface area contributed by atoms with Crippen molar-refractivity contribution >= 4 is 45.6 Å². The maximum absolute atomic E-state index is 5.09. The number of rotatable bonds is 5. The summed E-state index contributed by atoms with van der Waals surface area (Å²) in [6, 6.07) is 54.2. The third kappa shape index (κ3) is 3.18. The maximum atomic E-state index is 5.09. The Morgan fingerprint density at radius 2 is 1.10 bits per heavy atom. The van der Waals surface area contributed by atoms with Crippen molar-refractivity contribution in [1.29, 1.82) is 0 Å². The third-order valence-electron chi connectivity index (χ3n) is 13.1. The molecule has 0 radical (unpaired) electrons. The molecule has 4 aliphatic heterocycles. The molecule has 1 aliphatic carbocycles. The van der Waals surface area contributed by atoms with Gasteiger partial charge in [0.05, 0.1) is 17.1 Å². The Bertz CT molecular complexity index is 2270. The van der Waals surface area contributed by atoms with Crippen molar-refractivity contribution in [1.82, 2.24) is 4.98 Å². The molecule has 0 N–H and O–H groups in total. The van der Waals surface area contributed by atoms with Crippen molar-refractivity contribution in [3.05, 3.63) is 163 Å². The lowest BCUT2D eigenvalue weighted by atomic mass is 9.76. The standard InChI is InChI=1S/C45H39N5/c1-3-44-33-23-12-14-25-35(33)49-37-27-16-15-26-36(37)48(31-20-9-6-10-21-31)43(49)45(44,4-2)40(44)39-32-22-11-13-24-34(32)50-41-38(28-17-29-46-41)47(42(39)50)30-18-7-5-8-19-30/h5-29,39-40,42-43H,3-4H2,1-2H3. The first-order chi connectivity index (χ1) is 24.8. The average Bonchev–Trinajstić information content (AvgIpc) is 3.40. The fourth-order valence-electron chi connectivity index (χ4n) is 11.6. The van der Waals surface area contributed by atoms with Crippen LogP contribution in [0.2, 0.25) is 0 Å². The Kier molecular flexibility index (Phi) is 5.67. The normalized spacial score (nSPS) is 27.6. The van der Waals surface area contributed by atoms with Gasteiger partial charge in [-0.3, -0.25) is 0 Å². The number of aromatic nitrogens is 1. The molecule has 0 bridgehead atoms. The van der Waals surface area contributed by atoms with Crippen LogP contribution >= 0.6 is 0 Å². The highest BCUT2D eigenvalue weighted by atomic mass is 15.5. The Morgan fingerprint density at radius 3 is 1.80 bits per heavy atom. The Balaban J connectivity index is 1.20. The van der Waals surface area contributed by atoms with Crippen molar-refractivity contribution in [3.8, 4) is 0 Å². The fourth-order valence-corrected chi connectivity index (χ4v) is 11.6. The fraction of sp³-hybridized carbons (Fsp3) is 0.222. The molecule has 5 heterocycles. The molecule has 5 heteroatoms. The van der Waals surface area contributed by atoms with Crippen LogP contribution in [0.5, 0.6) is 0 Å². The molecule has 6 atom stereocenters. The zero-order valence-corrected chi connectivity index (χ0v) is 28.4. The number of anilines is 8. The van der Waals surface area contributed by atoms with Gasteiger partial charge in [-0.15, -0.1) is 0 Å². The van der Waals surface area contributed by atoms with Crippen LogP contribution in [0.25, 0.3) is 0 Å². The Hall–Kier alpha value is -5.55. The van der Waals surface area contributed by atoms with Crippen LogP contribution < -0.4 is 19.6 Å². The van der Waals surface area contributed by atoms with Gasteiger partial charge in [-0.05, 0) is 90.6 Å². The SMILES string of the molecule is CCC12c3ccccc3N3c4ccccc4N(c4ccccc4)C3C1(CC)C2C1c2ccccc2N2c3ncccc3N(c3ccccc3)C12. The highest BCUT2D eigenvalue weighted by Gasteiger charge is 2.85. The summed E-state index contributed by atoms with van der Waals surface area (Å²) in [4.78, 5) is 15.7. The molecule has 0 saturated heterocycles. The van der Waals surface area contributed by atoms with Crippen molar-refractivity contribution < 1.29 is 0 Å². The molecular formula is C45H39N5. The summed E-state index contributed by atoms with van der Waals surface area (Å²) in [5.41, 5.74) is 11.8.